The lowest BCUT2D eigenvalue weighted by atomic mass is 10.00. The van der Waals surface area contributed by atoms with Crippen molar-refractivity contribution in [3.8, 4) is 0 Å². The van der Waals surface area contributed by atoms with E-state index in [0.29, 0.717) is 10.9 Å². The van der Waals surface area contributed by atoms with E-state index in [2.05, 4.69) is 10.2 Å². The number of aliphatic hydroxyl groups is 2. The first-order valence-corrected chi connectivity index (χ1v) is 5.72. The van der Waals surface area contributed by atoms with E-state index >= 15 is 0 Å². The van der Waals surface area contributed by atoms with Gasteiger partial charge in [0.2, 0.25) is 0 Å². The van der Waals surface area contributed by atoms with Crippen LogP contribution in [-0.4, -0.2) is 38.0 Å². The van der Waals surface area contributed by atoms with E-state index in [1.807, 2.05) is 0 Å². The van der Waals surface area contributed by atoms with Crippen molar-refractivity contribution in [1.29, 1.82) is 0 Å². The maximum atomic E-state index is 11.0. The van der Waals surface area contributed by atoms with Crippen molar-refractivity contribution in [2.75, 3.05) is 6.54 Å². The second-order valence-electron chi connectivity index (χ2n) is 4.22. The molecule has 0 aliphatic rings. The van der Waals surface area contributed by atoms with E-state index in [9.17, 15) is 20.3 Å². The number of benzene rings is 1. The summed E-state index contributed by atoms with van der Waals surface area (Å²) in [6.07, 6.45) is -0.740. The lowest BCUT2D eigenvalue weighted by Crippen LogP contribution is -2.21. The van der Waals surface area contributed by atoms with E-state index in [1.165, 1.54) is 18.3 Å². The molecule has 1 heterocycles. The molecule has 2 rings (SSSR count). The summed E-state index contributed by atoms with van der Waals surface area (Å²) >= 11 is 0. The van der Waals surface area contributed by atoms with Gasteiger partial charge in [0.25, 0.3) is 5.69 Å². The summed E-state index contributed by atoms with van der Waals surface area (Å²) in [6, 6.07) is 2.77. The first kappa shape index (κ1) is 13.4. The van der Waals surface area contributed by atoms with E-state index in [1.54, 1.807) is 0 Å². The van der Waals surface area contributed by atoms with Gasteiger partial charge in [0.15, 0.2) is 0 Å². The Kier molecular flexibility index (Phi) is 3.74. The Morgan fingerprint density at radius 2 is 2.21 bits per heavy atom. The zero-order valence-electron chi connectivity index (χ0n) is 9.98. The fourth-order valence-corrected chi connectivity index (χ4v) is 1.93. The minimum Gasteiger partial charge on any atom is -0.390 e. The van der Waals surface area contributed by atoms with Gasteiger partial charge in [0.1, 0.15) is 6.10 Å². The molecule has 0 amide bonds. The van der Waals surface area contributed by atoms with Crippen molar-refractivity contribution in [3.05, 3.63) is 34.0 Å². The number of nitrogens with one attached hydrogen (secondary N) is 1. The van der Waals surface area contributed by atoms with Crippen LogP contribution in [0.1, 0.15) is 18.1 Å². The van der Waals surface area contributed by atoms with Gasteiger partial charge < -0.3 is 15.9 Å². The van der Waals surface area contributed by atoms with Crippen LogP contribution in [0.15, 0.2) is 18.3 Å². The van der Waals surface area contributed by atoms with Crippen LogP contribution >= 0.6 is 0 Å². The SMILES string of the molecule is NCCC(O)C(O)c1cc([N+](=O)[O-])c2cn[nH]c2c1. The Morgan fingerprint density at radius 3 is 2.84 bits per heavy atom. The molecule has 0 spiro atoms. The number of non-ortho nitro benzene ring substituents is 1. The van der Waals surface area contributed by atoms with Gasteiger partial charge in [-0.1, -0.05) is 0 Å². The van der Waals surface area contributed by atoms with Gasteiger partial charge in [-0.3, -0.25) is 15.2 Å². The van der Waals surface area contributed by atoms with E-state index in [4.69, 9.17) is 5.73 Å². The molecular weight excluding hydrogens is 252 g/mol. The number of nitrogens with zero attached hydrogens (tertiary/aromatic N) is 2. The Balaban J connectivity index is 2.46. The predicted octanol–water partition coefficient (Wildman–Crippen LogP) is 0.214. The molecule has 1 aromatic carbocycles. The fourth-order valence-electron chi connectivity index (χ4n) is 1.93. The highest BCUT2D eigenvalue weighted by atomic mass is 16.6. The molecule has 8 nitrogen and oxygen atoms in total. The average Bonchev–Trinajstić information content (AvgIpc) is 2.84. The molecule has 0 aliphatic heterocycles. The molecule has 0 fully saturated rings. The third kappa shape index (κ3) is 2.55. The van der Waals surface area contributed by atoms with Crippen LogP contribution in [0.2, 0.25) is 0 Å². The molecular formula is C11H14N4O4. The van der Waals surface area contributed by atoms with Gasteiger partial charge in [0, 0.05) is 6.07 Å². The Morgan fingerprint density at radius 1 is 1.47 bits per heavy atom. The number of aromatic amines is 1. The quantitative estimate of drug-likeness (QED) is 0.451. The third-order valence-electron chi connectivity index (χ3n) is 2.92. The van der Waals surface area contributed by atoms with Gasteiger partial charge in [0.05, 0.1) is 28.1 Å². The Labute approximate surface area is 108 Å². The van der Waals surface area contributed by atoms with E-state index in [-0.39, 0.29) is 24.2 Å². The van der Waals surface area contributed by atoms with Crippen LogP contribution in [0, 0.1) is 10.1 Å². The number of nitro groups is 1. The number of fused-ring (bicyclic) bond motifs is 1. The maximum absolute atomic E-state index is 11.0. The molecule has 0 bridgehead atoms. The average molecular weight is 266 g/mol. The van der Waals surface area contributed by atoms with Crippen molar-refractivity contribution < 1.29 is 15.1 Å². The van der Waals surface area contributed by atoms with Gasteiger partial charge in [-0.2, -0.15) is 5.10 Å². The van der Waals surface area contributed by atoms with Gasteiger partial charge >= 0.3 is 0 Å². The molecule has 0 saturated heterocycles. The van der Waals surface area contributed by atoms with Crippen LogP contribution in [-0.2, 0) is 0 Å². The lowest BCUT2D eigenvalue weighted by Gasteiger charge is -2.17. The Hall–Kier alpha value is -2.03. The molecule has 0 radical (unpaired) electrons. The molecule has 2 atom stereocenters. The highest BCUT2D eigenvalue weighted by molar-refractivity contribution is 5.88. The summed E-state index contributed by atoms with van der Waals surface area (Å²) in [7, 11) is 0. The standard InChI is InChI=1S/C11H14N4O4/c12-2-1-10(16)11(17)6-3-8-7(5-13-14-8)9(4-6)15(18)19/h3-5,10-11,16-17H,1-2,12H2,(H,13,14). The summed E-state index contributed by atoms with van der Waals surface area (Å²) in [5.74, 6) is 0. The van der Waals surface area contributed by atoms with Crippen LogP contribution in [0.4, 0.5) is 5.69 Å². The maximum Gasteiger partial charge on any atom is 0.280 e. The second-order valence-corrected chi connectivity index (χ2v) is 4.22. The summed E-state index contributed by atoms with van der Waals surface area (Å²) in [5, 5.41) is 37.3. The summed E-state index contributed by atoms with van der Waals surface area (Å²) < 4.78 is 0. The number of aromatic nitrogens is 2. The highest BCUT2D eigenvalue weighted by Gasteiger charge is 2.23. The molecule has 5 N–H and O–H groups in total. The highest BCUT2D eigenvalue weighted by Crippen LogP contribution is 2.30. The number of rotatable bonds is 5. The number of aliphatic hydroxyl groups excluding tert-OH is 2. The van der Waals surface area contributed by atoms with Gasteiger partial charge in [-0.25, -0.2) is 0 Å². The summed E-state index contributed by atoms with van der Waals surface area (Å²) in [4.78, 5) is 10.4. The van der Waals surface area contributed by atoms with Gasteiger partial charge in [-0.15, -0.1) is 0 Å². The van der Waals surface area contributed by atoms with Crippen molar-refractivity contribution in [2.45, 2.75) is 18.6 Å². The van der Waals surface area contributed by atoms with E-state index < -0.39 is 17.1 Å². The fraction of sp³-hybridized carbons (Fsp3) is 0.364. The first-order chi connectivity index (χ1) is 9.04. The molecule has 2 unspecified atom stereocenters. The van der Waals surface area contributed by atoms with Gasteiger partial charge in [-0.05, 0) is 24.6 Å². The van der Waals surface area contributed by atoms with Crippen molar-refractivity contribution in [2.24, 2.45) is 5.73 Å². The number of nitro benzene ring substituents is 1. The predicted molar refractivity (Wildman–Crippen MR) is 67.4 cm³/mol. The van der Waals surface area contributed by atoms with Crippen LogP contribution in [0.5, 0.6) is 0 Å². The molecule has 19 heavy (non-hydrogen) atoms. The third-order valence-corrected chi connectivity index (χ3v) is 2.92. The van der Waals surface area contributed by atoms with Crippen molar-refractivity contribution >= 4 is 16.6 Å². The number of H-pyrrole nitrogens is 1. The molecule has 0 saturated carbocycles. The normalized spacial score (nSPS) is 14.5. The lowest BCUT2D eigenvalue weighted by molar-refractivity contribution is -0.383. The monoisotopic (exact) mass is 266 g/mol. The number of nitrogens with two attached hydrogens (primary N) is 1. The number of hydrogen-bond donors (Lipinski definition) is 4. The Bertz CT molecular complexity index is 597. The van der Waals surface area contributed by atoms with E-state index in [0.717, 1.165) is 0 Å². The minimum absolute atomic E-state index is 0.166. The molecule has 2 aromatic rings. The zero-order valence-corrected chi connectivity index (χ0v) is 9.98. The van der Waals surface area contributed by atoms with Crippen molar-refractivity contribution in [3.63, 3.8) is 0 Å². The van der Waals surface area contributed by atoms with Crippen LogP contribution in [0.3, 0.4) is 0 Å². The van der Waals surface area contributed by atoms with Crippen molar-refractivity contribution in [1.82, 2.24) is 10.2 Å². The summed E-state index contributed by atoms with van der Waals surface area (Å²) in [5.41, 5.74) is 5.82. The number of hydrogen-bond acceptors (Lipinski definition) is 6. The first-order valence-electron chi connectivity index (χ1n) is 5.72. The smallest absolute Gasteiger partial charge is 0.280 e. The largest absolute Gasteiger partial charge is 0.390 e. The second kappa shape index (κ2) is 5.31. The molecule has 8 heteroatoms. The summed E-state index contributed by atoms with van der Waals surface area (Å²) in [6.45, 7) is 0.215. The molecule has 1 aromatic heterocycles. The zero-order chi connectivity index (χ0) is 14.0. The minimum atomic E-state index is -1.23. The molecule has 0 aliphatic carbocycles. The molecule has 102 valence electrons. The topological polar surface area (TPSA) is 138 Å². The van der Waals surface area contributed by atoms with Crippen LogP contribution in [0.25, 0.3) is 10.9 Å². The van der Waals surface area contributed by atoms with Crippen LogP contribution < -0.4 is 5.73 Å².